The number of aromatic hydroxyl groups is 1. The smallest absolute Gasteiger partial charge is 0.323 e. The molecule has 5 N–H and O–H groups in total. The van der Waals surface area contributed by atoms with E-state index < -0.39 is 12.0 Å². The monoisotopic (exact) mass is 300 g/mol. The molecule has 0 aliphatic heterocycles. The third-order valence-corrected chi connectivity index (χ3v) is 2.68. The number of ether oxygens (including phenoxy) is 1. The molecule has 1 unspecified atom stereocenters. The molecular formula is C13H20N2O6. The van der Waals surface area contributed by atoms with Gasteiger partial charge in [-0.25, -0.2) is 0 Å². The minimum atomic E-state index is -0.767. The Bertz CT molecular complexity index is 423. The van der Waals surface area contributed by atoms with Gasteiger partial charge < -0.3 is 15.6 Å². The predicted octanol–water partition coefficient (Wildman–Crippen LogP) is 0.597. The highest BCUT2D eigenvalue weighted by Gasteiger charge is 2.15. The lowest BCUT2D eigenvalue weighted by Gasteiger charge is -2.12. The molecule has 0 fully saturated rings. The normalized spacial score (nSPS) is 12.4. The fourth-order valence-electron chi connectivity index (χ4n) is 1.60. The summed E-state index contributed by atoms with van der Waals surface area (Å²) in [6, 6.07) is 5.67. The van der Waals surface area contributed by atoms with Gasteiger partial charge in [0, 0.05) is 0 Å². The first-order valence-corrected chi connectivity index (χ1v) is 6.50. The number of unbranched alkanes of at least 4 members (excludes halogenated alkanes) is 1. The molecule has 0 aromatic heterocycles. The highest BCUT2D eigenvalue weighted by atomic mass is 17.1. The zero-order chi connectivity index (χ0) is 15.7. The maximum Gasteiger partial charge on any atom is 0.323 e. The van der Waals surface area contributed by atoms with Crippen molar-refractivity contribution in [3.63, 3.8) is 0 Å². The Morgan fingerprint density at radius 2 is 1.81 bits per heavy atom. The summed E-state index contributed by atoms with van der Waals surface area (Å²) in [4.78, 5) is 16.0. The van der Waals surface area contributed by atoms with Gasteiger partial charge in [-0.05, 0) is 37.0 Å². The van der Waals surface area contributed by atoms with Crippen LogP contribution in [0.25, 0.3) is 0 Å². The quantitative estimate of drug-likeness (QED) is 0.297. The fraction of sp³-hybridized carbons (Fsp3) is 0.462. The van der Waals surface area contributed by atoms with Crippen molar-refractivity contribution in [2.24, 2.45) is 5.73 Å². The molecule has 0 spiro atoms. The number of phenols is 1. The Morgan fingerprint density at radius 1 is 1.19 bits per heavy atom. The zero-order valence-corrected chi connectivity index (χ0v) is 11.5. The van der Waals surface area contributed by atoms with Crippen LogP contribution in [0.1, 0.15) is 18.4 Å². The Balaban J connectivity index is 2.18. The molecule has 0 heterocycles. The number of esters is 1. The lowest BCUT2D eigenvalue weighted by molar-refractivity contribution is -0.492. The summed E-state index contributed by atoms with van der Waals surface area (Å²) in [6.07, 6.45) is 1.34. The molecule has 1 atom stereocenters. The molecule has 118 valence electrons. The fourth-order valence-corrected chi connectivity index (χ4v) is 1.60. The van der Waals surface area contributed by atoms with Gasteiger partial charge in [-0.2, -0.15) is 0 Å². The van der Waals surface area contributed by atoms with Crippen molar-refractivity contribution in [1.29, 1.82) is 0 Å². The Kier molecular flexibility index (Phi) is 7.65. The highest BCUT2D eigenvalue weighted by Crippen LogP contribution is 2.11. The van der Waals surface area contributed by atoms with Crippen molar-refractivity contribution in [2.75, 3.05) is 13.2 Å². The van der Waals surface area contributed by atoms with Gasteiger partial charge >= 0.3 is 5.97 Å². The molecule has 0 amide bonds. The second-order valence-electron chi connectivity index (χ2n) is 4.44. The summed E-state index contributed by atoms with van der Waals surface area (Å²) < 4.78 is 5.00. The van der Waals surface area contributed by atoms with E-state index in [1.165, 1.54) is 12.1 Å². The van der Waals surface area contributed by atoms with Crippen LogP contribution < -0.4 is 5.73 Å². The summed E-state index contributed by atoms with van der Waals surface area (Å²) in [5.41, 5.74) is 6.56. The van der Waals surface area contributed by atoms with Gasteiger partial charge in [0.1, 0.15) is 11.8 Å². The first-order valence-electron chi connectivity index (χ1n) is 6.50. The van der Waals surface area contributed by atoms with Gasteiger partial charge in [0.05, 0.1) is 18.6 Å². The second-order valence-corrected chi connectivity index (χ2v) is 4.44. The molecule has 0 saturated carbocycles. The molecule has 0 bridgehead atoms. The van der Waals surface area contributed by atoms with E-state index in [9.17, 15) is 4.79 Å². The summed E-state index contributed by atoms with van der Waals surface area (Å²) in [7, 11) is 0. The summed E-state index contributed by atoms with van der Waals surface area (Å²) in [6.45, 7) is 0.284. The van der Waals surface area contributed by atoms with E-state index in [4.69, 9.17) is 26.0 Å². The molecule has 0 radical (unpaired) electrons. The van der Waals surface area contributed by atoms with Crippen molar-refractivity contribution in [2.45, 2.75) is 25.3 Å². The van der Waals surface area contributed by atoms with Gasteiger partial charge in [0.2, 0.25) is 0 Å². The number of rotatable bonds is 9. The molecular weight excluding hydrogens is 280 g/mol. The number of hydrogen-bond acceptors (Lipinski definition) is 8. The number of carbonyl (C=O) groups is 1. The number of benzene rings is 1. The number of carbonyl (C=O) groups excluding carboxylic acids is 1. The molecule has 0 saturated heterocycles. The van der Waals surface area contributed by atoms with Gasteiger partial charge in [-0.15, -0.1) is 0 Å². The molecule has 8 heteroatoms. The van der Waals surface area contributed by atoms with Gasteiger partial charge in [-0.3, -0.25) is 20.0 Å². The molecule has 8 nitrogen and oxygen atoms in total. The zero-order valence-electron chi connectivity index (χ0n) is 11.5. The van der Waals surface area contributed by atoms with Gasteiger partial charge in [0.15, 0.2) is 0 Å². The van der Waals surface area contributed by atoms with Crippen LogP contribution in [0.2, 0.25) is 0 Å². The van der Waals surface area contributed by atoms with Crippen molar-refractivity contribution < 1.29 is 29.9 Å². The average Bonchev–Trinajstić information content (AvgIpc) is 2.44. The van der Waals surface area contributed by atoms with Gasteiger partial charge in [0.25, 0.3) is 0 Å². The van der Waals surface area contributed by atoms with Gasteiger partial charge in [-0.1, -0.05) is 12.1 Å². The Labute approximate surface area is 122 Å². The first-order chi connectivity index (χ1) is 9.99. The predicted molar refractivity (Wildman–Crippen MR) is 71.3 cm³/mol. The molecule has 21 heavy (non-hydrogen) atoms. The van der Waals surface area contributed by atoms with Crippen LogP contribution in [-0.4, -0.2) is 46.1 Å². The SMILES string of the molecule is NC(Cc1ccc(O)cc1)C(=O)OCCCCON(O)O. The van der Waals surface area contributed by atoms with Crippen molar-refractivity contribution >= 4 is 5.97 Å². The van der Waals surface area contributed by atoms with Crippen LogP contribution >= 0.6 is 0 Å². The summed E-state index contributed by atoms with van der Waals surface area (Å²) >= 11 is 0. The molecule has 0 aliphatic carbocycles. The van der Waals surface area contributed by atoms with E-state index in [2.05, 4.69) is 4.84 Å². The van der Waals surface area contributed by atoms with E-state index in [1.54, 1.807) is 12.1 Å². The highest BCUT2D eigenvalue weighted by molar-refractivity contribution is 5.75. The minimum absolute atomic E-state index is 0.101. The van der Waals surface area contributed by atoms with Crippen LogP contribution in [0.5, 0.6) is 5.75 Å². The minimum Gasteiger partial charge on any atom is -0.508 e. The largest absolute Gasteiger partial charge is 0.508 e. The summed E-state index contributed by atoms with van der Waals surface area (Å²) in [5, 5.41) is 25.3. The number of nitrogens with zero attached hydrogens (tertiary/aromatic N) is 1. The topological polar surface area (TPSA) is 125 Å². The van der Waals surface area contributed by atoms with E-state index >= 15 is 0 Å². The molecule has 1 aromatic rings. The van der Waals surface area contributed by atoms with E-state index in [1.807, 2.05) is 0 Å². The van der Waals surface area contributed by atoms with E-state index in [0.717, 1.165) is 5.56 Å². The second kappa shape index (κ2) is 9.27. The Hall–Kier alpha value is -1.71. The maximum atomic E-state index is 11.6. The third kappa shape index (κ3) is 7.59. The Morgan fingerprint density at radius 3 is 2.43 bits per heavy atom. The lowest BCUT2D eigenvalue weighted by Crippen LogP contribution is -2.34. The standard InChI is InChI=1S/C13H20N2O6/c14-12(9-10-3-5-11(16)6-4-10)13(17)20-7-1-2-8-21-15(18)19/h3-6,12,16,18-19H,1-2,7-9,14H2. The third-order valence-electron chi connectivity index (χ3n) is 2.68. The van der Waals surface area contributed by atoms with Crippen molar-refractivity contribution in [1.82, 2.24) is 5.39 Å². The van der Waals surface area contributed by atoms with Crippen LogP contribution in [-0.2, 0) is 20.8 Å². The van der Waals surface area contributed by atoms with Crippen LogP contribution in [0.15, 0.2) is 24.3 Å². The van der Waals surface area contributed by atoms with Crippen molar-refractivity contribution in [3.8, 4) is 5.75 Å². The van der Waals surface area contributed by atoms with E-state index in [-0.39, 0.29) is 24.4 Å². The number of hydrogen-bond donors (Lipinski definition) is 4. The summed E-state index contributed by atoms with van der Waals surface area (Å²) in [5.74, 6) is -0.351. The number of nitrogens with two attached hydrogens (primary N) is 1. The van der Waals surface area contributed by atoms with E-state index in [0.29, 0.717) is 19.3 Å². The lowest BCUT2D eigenvalue weighted by atomic mass is 10.1. The molecule has 1 rings (SSSR count). The molecule has 0 aliphatic rings. The maximum absolute atomic E-state index is 11.6. The van der Waals surface area contributed by atoms with Crippen LogP contribution in [0.4, 0.5) is 0 Å². The average molecular weight is 300 g/mol. The van der Waals surface area contributed by atoms with Crippen molar-refractivity contribution in [3.05, 3.63) is 29.8 Å². The molecule has 1 aromatic carbocycles. The van der Waals surface area contributed by atoms with Crippen LogP contribution in [0.3, 0.4) is 0 Å². The first kappa shape index (κ1) is 17.3. The number of phenolic OH excluding ortho intramolecular Hbond substituents is 1. The van der Waals surface area contributed by atoms with Crippen LogP contribution in [0, 0.1) is 0 Å².